The summed E-state index contributed by atoms with van der Waals surface area (Å²) in [5, 5.41) is 77.8. The zero-order chi connectivity index (χ0) is 50.8. The van der Waals surface area contributed by atoms with Gasteiger partial charge in [0.1, 0.15) is 23.4 Å². The zero-order valence-electron chi connectivity index (χ0n) is 41.1. The fourth-order valence-electron chi connectivity index (χ4n) is 9.79. The molecule has 370 valence electrons. The molecule has 0 aliphatic carbocycles. The Hall–Kier alpha value is -6.45. The van der Waals surface area contributed by atoms with Crippen LogP contribution in [-0.2, 0) is 30.3 Å². The monoisotopic (exact) mass is 951 g/mol. The van der Waals surface area contributed by atoms with E-state index in [1.807, 2.05) is 37.1 Å². The summed E-state index contributed by atoms with van der Waals surface area (Å²) in [5.41, 5.74) is 0.978. The second-order valence-corrected chi connectivity index (χ2v) is 18.9. The lowest BCUT2D eigenvalue weighted by Gasteiger charge is -2.43. The minimum Gasteiger partial charge on any atom is -0.507 e. The number of fused-ring (bicyclic) bond motifs is 14. The van der Waals surface area contributed by atoms with Gasteiger partial charge >= 0.3 is 11.8 Å². The highest BCUT2D eigenvalue weighted by Crippen LogP contribution is 2.55. The molecule has 17 heteroatoms. The molecule has 3 aromatic carbocycles. The summed E-state index contributed by atoms with van der Waals surface area (Å²) in [6.07, 6.45) is 4.74. The number of esters is 1. The van der Waals surface area contributed by atoms with Gasteiger partial charge in [0, 0.05) is 80.8 Å². The second kappa shape index (κ2) is 21.0. The van der Waals surface area contributed by atoms with Crippen LogP contribution in [0.25, 0.3) is 10.8 Å². The zero-order valence-corrected chi connectivity index (χ0v) is 41.1. The highest BCUT2D eigenvalue weighted by Gasteiger charge is 2.50. The maximum absolute atomic E-state index is 14.7. The molecule has 3 aromatic rings. The SMILES string of the molecule is CO[C@H]1/C=C/O[C@@]2(C)Oc3c(C)c(O)c4c(O)c(c(/C=N/N5C(C)CN(Cc6ccccc6C#N)CC5C)c(O)c4c3C2=O)NC(=O)/C(C)=C\C=C\[C@@H](C)[C@H](O)[C@@H](C)[C@@H](O)[C@@H](C)[C@H](OC(C)=O)[C@@H]1C. The number of hydrogen-bond acceptors (Lipinski definition) is 16. The van der Waals surface area contributed by atoms with Gasteiger partial charge in [0.25, 0.3) is 11.7 Å². The number of anilines is 1. The Morgan fingerprint density at radius 1 is 0.957 bits per heavy atom. The van der Waals surface area contributed by atoms with E-state index in [1.165, 1.54) is 59.4 Å². The smallest absolute Gasteiger partial charge is 0.312 e. The Kier molecular flexibility index (Phi) is 15.8. The standard InChI is InChI=1S/C52H65N5O12/c1-26-15-14-16-27(2)51(65)55-42-37(22-54-57-28(3)23-56(24-29(57)4)25-36-18-13-12-17-35(36)21-53)46(62)39-40(47(42)63)45(61)33(8)49-41(39)50(64)52(10,69-49)67-20-19-38(66-11)30(5)48(68-34(9)58)32(7)44(60)31(6)43(26)59/h12-20,22,26,28-32,38,43-44,48,59-63H,23-25H2,1-11H3,(H,55,65)/b15-14+,20-19+,27-16-,54-22+/t26-,28?,29?,30-,31-,32-,38+,43+,44-,48-,52+/m1/s1. The topological polar surface area (TPSA) is 244 Å². The molecule has 2 unspecified atom stereocenters. The van der Waals surface area contributed by atoms with Gasteiger partial charge in [-0.05, 0) is 45.4 Å². The predicted molar refractivity (Wildman–Crippen MR) is 259 cm³/mol. The van der Waals surface area contributed by atoms with Crippen LogP contribution in [-0.4, -0.2) is 122 Å². The molecule has 1 saturated heterocycles. The number of allylic oxidation sites excluding steroid dienone is 2. The number of carbonyl (C=O) groups excluding carboxylic acids is 3. The van der Waals surface area contributed by atoms with E-state index in [4.69, 9.17) is 24.0 Å². The van der Waals surface area contributed by atoms with Crippen LogP contribution in [0.2, 0.25) is 0 Å². The van der Waals surface area contributed by atoms with Gasteiger partial charge in [-0.3, -0.25) is 24.3 Å². The van der Waals surface area contributed by atoms with Gasteiger partial charge < -0.3 is 49.8 Å². The quantitative estimate of drug-likeness (QED) is 0.0664. The first kappa shape index (κ1) is 51.9. The number of methoxy groups -OCH3 is 1. The molecule has 7 rings (SSSR count). The van der Waals surface area contributed by atoms with Crippen molar-refractivity contribution in [1.82, 2.24) is 9.91 Å². The maximum atomic E-state index is 14.7. The van der Waals surface area contributed by atoms with Crippen molar-refractivity contribution in [3.63, 3.8) is 0 Å². The lowest BCUT2D eigenvalue weighted by Crippen LogP contribution is -2.54. The number of ether oxygens (including phenoxy) is 4. The number of Topliss-reactive ketones (excluding diaryl/α,β-unsaturated/α-hetero) is 1. The molecule has 6 N–H and O–H groups in total. The number of aromatic hydroxyl groups is 3. The van der Waals surface area contributed by atoms with Gasteiger partial charge in [0.15, 0.2) is 5.75 Å². The van der Waals surface area contributed by atoms with Crippen LogP contribution >= 0.6 is 0 Å². The van der Waals surface area contributed by atoms with Crippen LogP contribution in [0.15, 0.2) is 65.5 Å². The predicted octanol–water partition coefficient (Wildman–Crippen LogP) is 6.55. The number of nitrogens with zero attached hydrogens (tertiary/aromatic N) is 4. The molecule has 5 bridgehead atoms. The summed E-state index contributed by atoms with van der Waals surface area (Å²) in [4.78, 5) is 43.3. The number of phenolic OH excluding ortho intramolecular Hbond substituents is 3. The number of piperazine rings is 1. The molecule has 0 spiro atoms. The molecular weight excluding hydrogens is 887 g/mol. The third-order valence-electron chi connectivity index (χ3n) is 13.8. The second-order valence-electron chi connectivity index (χ2n) is 18.9. The summed E-state index contributed by atoms with van der Waals surface area (Å²) < 4.78 is 23.8. The van der Waals surface area contributed by atoms with E-state index in [0.29, 0.717) is 25.2 Å². The van der Waals surface area contributed by atoms with Gasteiger partial charge in [-0.1, -0.05) is 64.1 Å². The maximum Gasteiger partial charge on any atom is 0.312 e. The van der Waals surface area contributed by atoms with Crippen LogP contribution in [0.1, 0.15) is 94.9 Å². The van der Waals surface area contributed by atoms with Crippen LogP contribution in [0.4, 0.5) is 5.69 Å². The summed E-state index contributed by atoms with van der Waals surface area (Å²) in [7, 11) is 1.43. The summed E-state index contributed by atoms with van der Waals surface area (Å²) in [6, 6.07) is 9.29. The number of amides is 1. The van der Waals surface area contributed by atoms with Crippen molar-refractivity contribution in [2.75, 3.05) is 25.5 Å². The van der Waals surface area contributed by atoms with Gasteiger partial charge in [-0.15, -0.1) is 0 Å². The molecule has 0 radical (unpaired) electrons. The molecule has 0 saturated carbocycles. The van der Waals surface area contributed by atoms with Gasteiger partial charge in [-0.25, -0.2) is 0 Å². The van der Waals surface area contributed by atoms with Crippen LogP contribution in [0.3, 0.4) is 0 Å². The third kappa shape index (κ3) is 10.3. The van der Waals surface area contributed by atoms with E-state index >= 15 is 0 Å². The van der Waals surface area contributed by atoms with Crippen LogP contribution in [0, 0.1) is 41.9 Å². The summed E-state index contributed by atoms with van der Waals surface area (Å²) in [6.45, 7) is 18.1. The lowest BCUT2D eigenvalue weighted by molar-refractivity contribution is -0.160. The Morgan fingerprint density at radius 3 is 2.26 bits per heavy atom. The van der Waals surface area contributed by atoms with Gasteiger partial charge in [0.2, 0.25) is 0 Å². The number of phenols is 3. The van der Waals surface area contributed by atoms with E-state index in [1.54, 1.807) is 45.9 Å². The van der Waals surface area contributed by atoms with Crippen molar-refractivity contribution in [3.8, 4) is 29.1 Å². The van der Waals surface area contributed by atoms with Gasteiger partial charge in [0.05, 0.1) is 76.7 Å². The molecular formula is C52H65N5O12. The molecule has 4 heterocycles. The minimum atomic E-state index is -2.09. The first-order chi connectivity index (χ1) is 32.6. The van der Waals surface area contributed by atoms with Crippen molar-refractivity contribution >= 4 is 40.3 Å². The molecule has 1 fully saturated rings. The van der Waals surface area contributed by atoms with Crippen molar-refractivity contribution in [2.45, 2.75) is 118 Å². The summed E-state index contributed by atoms with van der Waals surface area (Å²) >= 11 is 0. The van der Waals surface area contributed by atoms with Crippen molar-refractivity contribution in [2.24, 2.45) is 28.8 Å². The van der Waals surface area contributed by atoms with Crippen LogP contribution < -0.4 is 10.1 Å². The van der Waals surface area contributed by atoms with E-state index in [9.17, 15) is 45.2 Å². The number of aliphatic hydroxyl groups is 2. The molecule has 0 aromatic heterocycles. The fourth-order valence-corrected chi connectivity index (χ4v) is 9.79. The van der Waals surface area contributed by atoms with E-state index in [2.05, 4.69) is 16.3 Å². The number of ketones is 1. The number of rotatable bonds is 6. The van der Waals surface area contributed by atoms with Crippen molar-refractivity contribution in [1.29, 1.82) is 5.26 Å². The third-order valence-corrected chi connectivity index (χ3v) is 13.8. The molecule has 17 nitrogen and oxygen atoms in total. The Labute approximate surface area is 402 Å². The number of hydrazone groups is 1. The molecule has 1 amide bonds. The van der Waals surface area contributed by atoms with Crippen molar-refractivity contribution in [3.05, 3.63) is 88.2 Å². The Balaban J connectivity index is 1.48. The van der Waals surface area contributed by atoms with E-state index < -0.39 is 88.8 Å². The molecule has 11 atom stereocenters. The van der Waals surface area contributed by atoms with Gasteiger partial charge in [-0.2, -0.15) is 10.4 Å². The van der Waals surface area contributed by atoms with Crippen molar-refractivity contribution < 1.29 is 58.9 Å². The molecule has 69 heavy (non-hydrogen) atoms. The number of carbonyl (C=O) groups is 3. The van der Waals surface area contributed by atoms with E-state index in [-0.39, 0.29) is 56.6 Å². The first-order valence-electron chi connectivity index (χ1n) is 23.2. The average Bonchev–Trinajstić information content (AvgIpc) is 3.57. The minimum absolute atomic E-state index is 0.0332. The van der Waals surface area contributed by atoms with E-state index in [0.717, 1.165) is 5.56 Å². The highest BCUT2D eigenvalue weighted by atomic mass is 16.7. The van der Waals surface area contributed by atoms with Crippen LogP contribution in [0.5, 0.6) is 23.0 Å². The molecule has 4 aliphatic rings. The number of hydrogen-bond donors (Lipinski definition) is 6. The fraction of sp³-hybridized carbons (Fsp3) is 0.481. The number of nitriles is 1. The number of benzene rings is 3. The Morgan fingerprint density at radius 2 is 1.62 bits per heavy atom. The largest absolute Gasteiger partial charge is 0.507 e. The highest BCUT2D eigenvalue weighted by molar-refractivity contribution is 6.23. The lowest BCUT2D eigenvalue weighted by atomic mass is 9.78. The number of aliphatic hydroxyl groups excluding tert-OH is 2. The summed E-state index contributed by atoms with van der Waals surface area (Å²) in [5.74, 6) is -8.67. The Bertz CT molecular complexity index is 2630. The normalized spacial score (nSPS) is 31.1. The molecule has 4 aliphatic heterocycles. The average molecular weight is 952 g/mol. The first-order valence-corrected chi connectivity index (χ1v) is 23.2. The number of nitrogens with one attached hydrogen (secondary N) is 1.